The predicted octanol–water partition coefficient (Wildman–Crippen LogP) is 6.37. The van der Waals surface area contributed by atoms with E-state index in [0.29, 0.717) is 6.61 Å². The molecule has 2 aromatic rings. The third-order valence-corrected chi connectivity index (χ3v) is 8.54. The predicted molar refractivity (Wildman–Crippen MR) is 154 cm³/mol. The summed E-state index contributed by atoms with van der Waals surface area (Å²) >= 11 is 6.13. The van der Waals surface area contributed by atoms with Gasteiger partial charge in [-0.15, -0.1) is 0 Å². The van der Waals surface area contributed by atoms with E-state index in [1.54, 1.807) is 0 Å². The number of benzene rings is 2. The van der Waals surface area contributed by atoms with E-state index < -0.39 is 6.10 Å². The minimum atomic E-state index is -0.404. The molecule has 0 saturated carbocycles. The Labute approximate surface area is 226 Å². The van der Waals surface area contributed by atoms with Gasteiger partial charge in [-0.05, 0) is 105 Å². The number of nitrogens with zero attached hydrogens (tertiary/aromatic N) is 1. The van der Waals surface area contributed by atoms with E-state index in [9.17, 15) is 5.11 Å². The van der Waals surface area contributed by atoms with Crippen molar-refractivity contribution in [1.82, 2.24) is 10.2 Å². The Hall–Kier alpha value is -2.79. The average molecular weight is 517 g/mol. The highest BCUT2D eigenvalue weighted by molar-refractivity contribution is 6.30. The van der Waals surface area contributed by atoms with Crippen molar-refractivity contribution in [3.05, 3.63) is 101 Å². The first-order valence-corrected chi connectivity index (χ1v) is 13.7. The zero-order chi connectivity index (χ0) is 26.0. The monoisotopic (exact) mass is 516 g/mol. The number of hydrogen-bond donors (Lipinski definition) is 2. The van der Waals surface area contributed by atoms with Gasteiger partial charge in [0.1, 0.15) is 12.4 Å². The number of aliphatic hydroxyl groups excluding tert-OH is 1. The summed E-state index contributed by atoms with van der Waals surface area (Å²) in [7, 11) is 0. The maximum Gasteiger partial charge on any atom is 0.127 e. The molecule has 0 radical (unpaired) electrons. The lowest BCUT2D eigenvalue weighted by molar-refractivity contribution is 0.0423. The Bertz CT molecular complexity index is 1230. The molecule has 0 bridgehead atoms. The molecule has 3 heterocycles. The molecular weight excluding hydrogens is 480 g/mol. The van der Waals surface area contributed by atoms with Gasteiger partial charge in [-0.25, -0.2) is 0 Å². The Morgan fingerprint density at radius 2 is 2.00 bits per heavy atom. The van der Waals surface area contributed by atoms with E-state index in [-0.39, 0.29) is 11.5 Å². The van der Waals surface area contributed by atoms with Crippen LogP contribution in [0.15, 0.2) is 79.0 Å². The van der Waals surface area contributed by atoms with Gasteiger partial charge in [0.2, 0.25) is 0 Å². The van der Waals surface area contributed by atoms with Crippen molar-refractivity contribution in [1.29, 1.82) is 0 Å². The third kappa shape index (κ3) is 5.29. The van der Waals surface area contributed by atoms with Gasteiger partial charge in [0.25, 0.3) is 0 Å². The minimum Gasteiger partial charge on any atom is -0.490 e. The second kappa shape index (κ2) is 10.9. The molecule has 0 aliphatic carbocycles. The molecule has 0 amide bonds. The molecule has 2 unspecified atom stereocenters. The van der Waals surface area contributed by atoms with Crippen molar-refractivity contribution in [3.63, 3.8) is 0 Å². The summed E-state index contributed by atoms with van der Waals surface area (Å²) in [6.07, 6.45) is 11.1. The van der Waals surface area contributed by atoms with Crippen molar-refractivity contribution in [3.8, 4) is 5.75 Å². The lowest BCUT2D eigenvalue weighted by atomic mass is 9.69. The molecule has 5 rings (SSSR count). The van der Waals surface area contributed by atoms with Gasteiger partial charge < -0.3 is 20.1 Å². The van der Waals surface area contributed by atoms with Gasteiger partial charge in [0.15, 0.2) is 0 Å². The van der Waals surface area contributed by atoms with E-state index in [0.717, 1.165) is 66.4 Å². The second-order valence-corrected chi connectivity index (χ2v) is 11.0. The summed E-state index contributed by atoms with van der Waals surface area (Å²) in [6, 6.07) is 14.6. The number of hydrogen-bond acceptors (Lipinski definition) is 4. The fourth-order valence-electron chi connectivity index (χ4n) is 5.93. The highest BCUT2D eigenvalue weighted by Gasteiger charge is 2.40. The zero-order valence-electron chi connectivity index (χ0n) is 21.8. The van der Waals surface area contributed by atoms with E-state index in [1.165, 1.54) is 16.7 Å². The lowest BCUT2D eigenvalue weighted by Gasteiger charge is -2.44. The Morgan fingerprint density at radius 1 is 1.24 bits per heavy atom. The summed E-state index contributed by atoms with van der Waals surface area (Å²) in [5.41, 5.74) is 6.82. The molecule has 4 nitrogen and oxygen atoms in total. The smallest absolute Gasteiger partial charge is 0.127 e. The van der Waals surface area contributed by atoms with Crippen molar-refractivity contribution in [2.24, 2.45) is 0 Å². The van der Waals surface area contributed by atoms with E-state index >= 15 is 0 Å². The van der Waals surface area contributed by atoms with Crippen LogP contribution in [0.5, 0.6) is 5.75 Å². The Kier molecular flexibility index (Phi) is 7.62. The van der Waals surface area contributed by atoms with Gasteiger partial charge in [0, 0.05) is 22.5 Å². The number of allylic oxidation sites excluding steroid dienone is 3. The van der Waals surface area contributed by atoms with E-state index in [2.05, 4.69) is 65.4 Å². The average Bonchev–Trinajstić information content (AvgIpc) is 3.06. The van der Waals surface area contributed by atoms with Gasteiger partial charge in [-0.3, -0.25) is 0 Å². The molecule has 0 aromatic heterocycles. The molecule has 0 spiro atoms. The summed E-state index contributed by atoms with van der Waals surface area (Å²) in [4.78, 5) is 2.52. The maximum atomic E-state index is 10.8. The molecule has 2 N–H and O–H groups in total. The van der Waals surface area contributed by atoms with Crippen molar-refractivity contribution < 1.29 is 9.84 Å². The summed E-state index contributed by atoms with van der Waals surface area (Å²) < 4.78 is 6.22. The van der Waals surface area contributed by atoms with Crippen LogP contribution in [0.4, 0.5) is 0 Å². The number of piperidine rings is 1. The number of likely N-dealkylation sites (tertiary alicyclic amines) is 1. The van der Waals surface area contributed by atoms with Crippen LogP contribution in [-0.2, 0) is 5.41 Å². The normalized spacial score (nSPS) is 22.6. The molecule has 194 valence electrons. The minimum absolute atomic E-state index is 0.137. The molecule has 2 aromatic carbocycles. The van der Waals surface area contributed by atoms with Gasteiger partial charge in [-0.1, -0.05) is 54.1 Å². The van der Waals surface area contributed by atoms with Crippen LogP contribution >= 0.6 is 11.6 Å². The van der Waals surface area contributed by atoms with Crippen LogP contribution in [0.3, 0.4) is 0 Å². The van der Waals surface area contributed by atoms with Crippen molar-refractivity contribution in [2.75, 3.05) is 26.2 Å². The molecule has 3 aliphatic heterocycles. The van der Waals surface area contributed by atoms with E-state index in [1.807, 2.05) is 32.2 Å². The number of nitrogens with one attached hydrogen (secondary N) is 1. The van der Waals surface area contributed by atoms with Gasteiger partial charge in [-0.2, -0.15) is 0 Å². The van der Waals surface area contributed by atoms with Crippen LogP contribution in [-0.4, -0.2) is 48.4 Å². The lowest BCUT2D eigenvalue weighted by Crippen LogP contribution is -2.48. The molecular formula is C32H37ClN2O2. The van der Waals surface area contributed by atoms with Crippen LogP contribution in [0.1, 0.15) is 49.8 Å². The number of rotatable bonds is 6. The van der Waals surface area contributed by atoms with Crippen LogP contribution in [0.25, 0.3) is 11.1 Å². The number of halogens is 1. The first kappa shape index (κ1) is 25.8. The molecule has 1 fully saturated rings. The maximum absolute atomic E-state index is 10.8. The Morgan fingerprint density at radius 3 is 2.70 bits per heavy atom. The van der Waals surface area contributed by atoms with Gasteiger partial charge >= 0.3 is 0 Å². The van der Waals surface area contributed by atoms with Crippen LogP contribution < -0.4 is 10.1 Å². The standard InChI is InChI=1S/C32H37ClN2O2/c1-22(2)24-8-13-31-29(20-24)27(28-6-4-16-34-30(28)21-37-31)7-5-17-35-18-14-32(15-19-35,23(3)36)25-9-11-26(33)12-10-25/h4,6-13,16,20,23,30,34,36H,1,5,14-15,17-19,21H2,2-3H3/b27-7+. The number of fused-ring (bicyclic) bond motifs is 2. The first-order valence-electron chi connectivity index (χ1n) is 13.3. The quantitative estimate of drug-likeness (QED) is 0.468. The van der Waals surface area contributed by atoms with Crippen molar-refractivity contribution in [2.45, 2.75) is 50.7 Å². The fraction of sp³-hybridized carbons (Fsp3) is 0.375. The van der Waals surface area contributed by atoms with Crippen LogP contribution in [0.2, 0.25) is 5.02 Å². The first-order chi connectivity index (χ1) is 17.9. The molecule has 5 heteroatoms. The zero-order valence-corrected chi connectivity index (χ0v) is 22.6. The largest absolute Gasteiger partial charge is 0.490 e. The second-order valence-electron chi connectivity index (χ2n) is 10.6. The fourth-order valence-corrected chi connectivity index (χ4v) is 6.06. The summed E-state index contributed by atoms with van der Waals surface area (Å²) in [6.45, 7) is 11.6. The SMILES string of the molecule is C=C(C)c1ccc2c(c1)/C(=C/CCN1CCC(c3ccc(Cl)cc3)(C(C)O)CC1)C1=CC=CNC1CO2. The topological polar surface area (TPSA) is 44.7 Å². The highest BCUT2D eigenvalue weighted by Crippen LogP contribution is 2.40. The molecule has 1 saturated heterocycles. The van der Waals surface area contributed by atoms with Gasteiger partial charge in [0.05, 0.1) is 12.1 Å². The summed E-state index contributed by atoms with van der Waals surface area (Å²) in [5, 5.41) is 15.0. The third-order valence-electron chi connectivity index (χ3n) is 8.28. The highest BCUT2D eigenvalue weighted by atomic mass is 35.5. The number of ether oxygens (including phenoxy) is 1. The van der Waals surface area contributed by atoms with Crippen molar-refractivity contribution >= 4 is 22.7 Å². The summed E-state index contributed by atoms with van der Waals surface area (Å²) in [5.74, 6) is 0.927. The van der Waals surface area contributed by atoms with E-state index in [4.69, 9.17) is 16.3 Å². The number of aliphatic hydroxyl groups is 1. The Balaban J connectivity index is 1.33. The molecule has 3 aliphatic rings. The molecule has 2 atom stereocenters. The molecule has 37 heavy (non-hydrogen) atoms. The van der Waals surface area contributed by atoms with Crippen LogP contribution in [0, 0.1) is 0 Å². The number of dihydropyridines is 1.